The Morgan fingerprint density at radius 3 is 2.86 bits per heavy atom. The predicted octanol–water partition coefficient (Wildman–Crippen LogP) is 1.35. The minimum absolute atomic E-state index is 0.106. The van der Waals surface area contributed by atoms with Gasteiger partial charge in [0.25, 0.3) is 10.2 Å². The van der Waals surface area contributed by atoms with Crippen LogP contribution in [0.4, 0.5) is 4.39 Å². The summed E-state index contributed by atoms with van der Waals surface area (Å²) >= 11 is 0. The molecule has 1 fully saturated rings. The summed E-state index contributed by atoms with van der Waals surface area (Å²) in [4.78, 5) is 0. The van der Waals surface area contributed by atoms with Gasteiger partial charge < -0.3 is 5.11 Å². The molecule has 5 nitrogen and oxygen atoms in total. The van der Waals surface area contributed by atoms with E-state index in [4.69, 9.17) is 0 Å². The average Bonchev–Trinajstić information content (AvgIpc) is 2.47. The Kier molecular flexibility index (Phi) is 5.32. The van der Waals surface area contributed by atoms with Crippen LogP contribution >= 0.6 is 0 Å². The lowest BCUT2D eigenvalue weighted by molar-refractivity contribution is 0.149. The van der Waals surface area contributed by atoms with Gasteiger partial charge >= 0.3 is 0 Å². The van der Waals surface area contributed by atoms with Gasteiger partial charge in [0.15, 0.2) is 0 Å². The Bertz CT molecular complexity index is 579. The third-order valence-electron chi connectivity index (χ3n) is 3.77. The van der Waals surface area contributed by atoms with E-state index in [1.807, 2.05) is 0 Å². The Morgan fingerprint density at radius 1 is 1.43 bits per heavy atom. The summed E-state index contributed by atoms with van der Waals surface area (Å²) in [6.45, 7) is 0.350. The molecule has 1 N–H and O–H groups in total. The number of piperidine rings is 1. The Morgan fingerprint density at radius 2 is 2.19 bits per heavy atom. The normalized spacial score (nSPS) is 20.9. The highest BCUT2D eigenvalue weighted by Crippen LogP contribution is 2.22. The first-order valence-electron chi connectivity index (χ1n) is 7.03. The zero-order chi connectivity index (χ0) is 15.5. The van der Waals surface area contributed by atoms with Crippen LogP contribution in [0.3, 0.4) is 0 Å². The van der Waals surface area contributed by atoms with Crippen molar-refractivity contribution in [2.45, 2.75) is 31.8 Å². The summed E-state index contributed by atoms with van der Waals surface area (Å²) in [6.07, 6.45) is 2.39. The summed E-state index contributed by atoms with van der Waals surface area (Å²) in [6, 6.07) is 5.53. The van der Waals surface area contributed by atoms with Gasteiger partial charge in [0.2, 0.25) is 0 Å². The molecule has 0 bridgehead atoms. The topological polar surface area (TPSA) is 60.9 Å². The lowest BCUT2D eigenvalue weighted by Gasteiger charge is -2.36. The first kappa shape index (κ1) is 16.4. The number of hydrogen-bond donors (Lipinski definition) is 1. The van der Waals surface area contributed by atoms with Crippen molar-refractivity contribution in [1.29, 1.82) is 0 Å². The van der Waals surface area contributed by atoms with Gasteiger partial charge in [-0.1, -0.05) is 18.6 Å². The molecule has 1 aliphatic rings. The number of aliphatic hydroxyl groups excluding tert-OH is 1. The summed E-state index contributed by atoms with van der Waals surface area (Å²) in [5, 5.41) is 9.36. The molecule has 21 heavy (non-hydrogen) atoms. The Balaban J connectivity index is 2.14. The van der Waals surface area contributed by atoms with Crippen LogP contribution in [0, 0.1) is 5.82 Å². The molecule has 1 unspecified atom stereocenters. The molecule has 1 heterocycles. The van der Waals surface area contributed by atoms with Gasteiger partial charge in [-0.2, -0.15) is 17.0 Å². The SMILES string of the molecule is CN(Cc1cccc(F)c1)S(=O)(=O)N1CCCCC1CO. The zero-order valence-corrected chi connectivity index (χ0v) is 12.9. The number of nitrogens with zero attached hydrogens (tertiary/aromatic N) is 2. The van der Waals surface area contributed by atoms with E-state index < -0.39 is 10.2 Å². The van der Waals surface area contributed by atoms with Crippen molar-refractivity contribution in [3.8, 4) is 0 Å². The van der Waals surface area contributed by atoms with Crippen molar-refractivity contribution in [3.63, 3.8) is 0 Å². The molecule has 0 spiro atoms. The van der Waals surface area contributed by atoms with Crippen LogP contribution in [0.15, 0.2) is 24.3 Å². The average molecular weight is 316 g/mol. The smallest absolute Gasteiger partial charge is 0.282 e. The standard InChI is InChI=1S/C14H21FN2O3S/c1-16(10-12-5-4-6-13(15)9-12)21(19,20)17-8-3-2-7-14(17)11-18/h4-6,9,14,18H,2-3,7-8,10-11H2,1H3. The van der Waals surface area contributed by atoms with Crippen molar-refractivity contribution in [2.75, 3.05) is 20.2 Å². The van der Waals surface area contributed by atoms with Gasteiger partial charge in [-0.25, -0.2) is 4.39 Å². The third kappa shape index (κ3) is 3.79. The summed E-state index contributed by atoms with van der Waals surface area (Å²) in [7, 11) is -2.17. The molecule has 1 atom stereocenters. The van der Waals surface area contributed by atoms with Crippen LogP contribution in [0.25, 0.3) is 0 Å². The molecule has 2 rings (SSSR count). The molecule has 1 aromatic carbocycles. The quantitative estimate of drug-likeness (QED) is 0.892. The number of aliphatic hydroxyl groups is 1. The number of halogens is 1. The van der Waals surface area contributed by atoms with Crippen molar-refractivity contribution in [2.24, 2.45) is 0 Å². The van der Waals surface area contributed by atoms with E-state index in [1.165, 1.54) is 27.8 Å². The molecule has 0 radical (unpaired) electrons. The van der Waals surface area contributed by atoms with E-state index in [9.17, 15) is 17.9 Å². The Hall–Kier alpha value is -1.02. The van der Waals surface area contributed by atoms with Crippen LogP contribution in [0.5, 0.6) is 0 Å². The maximum atomic E-state index is 13.2. The molecule has 1 aliphatic heterocycles. The second-order valence-corrected chi connectivity index (χ2v) is 7.32. The van der Waals surface area contributed by atoms with E-state index in [-0.39, 0.29) is 25.0 Å². The fourth-order valence-electron chi connectivity index (χ4n) is 2.61. The molecule has 118 valence electrons. The van der Waals surface area contributed by atoms with Crippen LogP contribution < -0.4 is 0 Å². The van der Waals surface area contributed by atoms with Crippen LogP contribution in [-0.2, 0) is 16.8 Å². The molecule has 0 aliphatic carbocycles. The molecule has 7 heteroatoms. The van der Waals surface area contributed by atoms with E-state index in [2.05, 4.69) is 0 Å². The summed E-state index contributed by atoms with van der Waals surface area (Å²) in [5.41, 5.74) is 0.596. The molecular formula is C14H21FN2O3S. The molecular weight excluding hydrogens is 295 g/mol. The van der Waals surface area contributed by atoms with E-state index >= 15 is 0 Å². The highest BCUT2D eigenvalue weighted by Gasteiger charge is 2.34. The highest BCUT2D eigenvalue weighted by molar-refractivity contribution is 7.86. The zero-order valence-electron chi connectivity index (χ0n) is 12.1. The van der Waals surface area contributed by atoms with Gasteiger partial charge in [-0.3, -0.25) is 0 Å². The first-order valence-corrected chi connectivity index (χ1v) is 8.43. The number of rotatable bonds is 5. The Labute approximate surface area is 125 Å². The minimum atomic E-state index is -3.65. The maximum Gasteiger partial charge on any atom is 0.282 e. The van der Waals surface area contributed by atoms with Gasteiger partial charge in [0.1, 0.15) is 5.82 Å². The lowest BCUT2D eigenvalue weighted by Crippen LogP contribution is -2.50. The van der Waals surface area contributed by atoms with Gasteiger partial charge in [-0.05, 0) is 30.5 Å². The van der Waals surface area contributed by atoms with Crippen LogP contribution in [0.2, 0.25) is 0 Å². The van der Waals surface area contributed by atoms with Crippen molar-refractivity contribution in [1.82, 2.24) is 8.61 Å². The molecule has 0 saturated carbocycles. The maximum absolute atomic E-state index is 13.2. The van der Waals surface area contributed by atoms with E-state index in [1.54, 1.807) is 12.1 Å². The van der Waals surface area contributed by atoms with E-state index in [0.717, 1.165) is 12.8 Å². The fraction of sp³-hybridized carbons (Fsp3) is 0.571. The molecule has 1 aromatic rings. The summed E-state index contributed by atoms with van der Waals surface area (Å²) < 4.78 is 40.9. The molecule has 1 saturated heterocycles. The highest BCUT2D eigenvalue weighted by atomic mass is 32.2. The van der Waals surface area contributed by atoms with Gasteiger partial charge in [0.05, 0.1) is 6.61 Å². The predicted molar refractivity (Wildman–Crippen MR) is 78.2 cm³/mol. The van der Waals surface area contributed by atoms with Gasteiger partial charge in [0, 0.05) is 26.2 Å². The number of benzene rings is 1. The molecule has 0 amide bonds. The summed E-state index contributed by atoms with van der Waals surface area (Å²) in [5.74, 6) is -0.385. The molecule has 0 aromatic heterocycles. The van der Waals surface area contributed by atoms with Crippen LogP contribution in [-0.4, -0.2) is 48.4 Å². The van der Waals surface area contributed by atoms with E-state index in [0.29, 0.717) is 18.5 Å². The van der Waals surface area contributed by atoms with Crippen molar-refractivity contribution in [3.05, 3.63) is 35.6 Å². The van der Waals surface area contributed by atoms with Crippen LogP contribution in [0.1, 0.15) is 24.8 Å². The lowest BCUT2D eigenvalue weighted by atomic mass is 10.1. The second kappa shape index (κ2) is 6.83. The van der Waals surface area contributed by atoms with Gasteiger partial charge in [-0.15, -0.1) is 0 Å². The van der Waals surface area contributed by atoms with Crippen molar-refractivity contribution >= 4 is 10.2 Å². The second-order valence-electron chi connectivity index (χ2n) is 5.34. The fourth-order valence-corrected chi connectivity index (χ4v) is 4.19. The minimum Gasteiger partial charge on any atom is -0.395 e. The third-order valence-corrected chi connectivity index (χ3v) is 5.76. The monoisotopic (exact) mass is 316 g/mol. The largest absolute Gasteiger partial charge is 0.395 e. The van der Waals surface area contributed by atoms with Crippen molar-refractivity contribution < 1.29 is 17.9 Å². The number of hydrogen-bond acceptors (Lipinski definition) is 3. The first-order chi connectivity index (χ1) is 9.95.